The van der Waals surface area contributed by atoms with Crippen LogP contribution < -0.4 is 16.0 Å². The van der Waals surface area contributed by atoms with Crippen molar-refractivity contribution in [2.24, 2.45) is 4.99 Å². The quantitative estimate of drug-likeness (QED) is 0.204. The van der Waals surface area contributed by atoms with Gasteiger partial charge in [-0.1, -0.05) is 6.92 Å². The molecule has 1 fully saturated rings. The van der Waals surface area contributed by atoms with Gasteiger partial charge in [0.05, 0.1) is 12.3 Å². The summed E-state index contributed by atoms with van der Waals surface area (Å²) >= 11 is 0. The van der Waals surface area contributed by atoms with Crippen molar-refractivity contribution in [2.45, 2.75) is 65.5 Å². The lowest BCUT2D eigenvalue weighted by atomic mass is 10.1. The van der Waals surface area contributed by atoms with Gasteiger partial charge in [-0.05, 0) is 47.0 Å². The number of piperidine rings is 1. The number of hydrogen-bond acceptors (Lipinski definition) is 4. The molecule has 0 aromatic rings. The van der Waals surface area contributed by atoms with E-state index >= 15 is 0 Å². The van der Waals surface area contributed by atoms with Crippen LogP contribution in [0.3, 0.4) is 0 Å². The zero-order valence-electron chi connectivity index (χ0n) is 17.0. The average molecular weight is 503 g/mol. The number of nitrogens with one attached hydrogen (secondary N) is 3. The maximum atomic E-state index is 12.1. The second kappa shape index (κ2) is 12.4. The third-order valence-electron chi connectivity index (χ3n) is 4.03. The minimum absolute atomic E-state index is 0. The third-order valence-corrected chi connectivity index (χ3v) is 6.11. The zero-order valence-corrected chi connectivity index (χ0v) is 20.1. The van der Waals surface area contributed by atoms with Gasteiger partial charge in [0.25, 0.3) is 0 Å². The fourth-order valence-corrected chi connectivity index (χ4v) is 4.32. The molecule has 156 valence electrons. The summed E-state index contributed by atoms with van der Waals surface area (Å²) in [6.45, 7) is 13.9. The summed E-state index contributed by atoms with van der Waals surface area (Å²) in [6.07, 6.45) is 2.29. The normalized spacial score (nSPS) is 17.7. The van der Waals surface area contributed by atoms with Crippen LogP contribution in [0.25, 0.3) is 0 Å². The molecule has 1 rings (SSSR count). The Labute approximate surface area is 177 Å². The van der Waals surface area contributed by atoms with Gasteiger partial charge in [-0.3, -0.25) is 4.99 Å². The highest BCUT2D eigenvalue weighted by Gasteiger charge is 2.27. The lowest BCUT2D eigenvalue weighted by Crippen LogP contribution is -2.50. The highest BCUT2D eigenvalue weighted by atomic mass is 127. The van der Waals surface area contributed by atoms with Crippen molar-refractivity contribution in [3.8, 4) is 0 Å². The first-order valence-corrected chi connectivity index (χ1v) is 11.1. The van der Waals surface area contributed by atoms with E-state index in [0.717, 1.165) is 31.9 Å². The van der Waals surface area contributed by atoms with E-state index in [1.54, 1.807) is 4.31 Å². The van der Waals surface area contributed by atoms with Crippen molar-refractivity contribution in [1.82, 2.24) is 20.3 Å². The van der Waals surface area contributed by atoms with Crippen LogP contribution in [0.5, 0.6) is 0 Å². The molecule has 0 aromatic heterocycles. The molecule has 0 aromatic carbocycles. The maximum absolute atomic E-state index is 12.1. The van der Waals surface area contributed by atoms with Crippen LogP contribution in [0.1, 0.15) is 53.9 Å². The highest BCUT2D eigenvalue weighted by Crippen LogP contribution is 2.15. The van der Waals surface area contributed by atoms with E-state index in [9.17, 15) is 8.42 Å². The second-order valence-corrected chi connectivity index (χ2v) is 9.66. The number of nitrogens with zero attached hydrogens (tertiary/aromatic N) is 2. The molecular formula is C17H38IN5O2S. The molecule has 3 N–H and O–H groups in total. The molecule has 1 aliphatic heterocycles. The smallest absolute Gasteiger partial charge is 0.214 e. The molecule has 1 aliphatic rings. The molecule has 9 heteroatoms. The zero-order chi connectivity index (χ0) is 18.9. The summed E-state index contributed by atoms with van der Waals surface area (Å²) < 4.78 is 25.9. The Bertz CT molecular complexity index is 512. The number of guanidine groups is 1. The molecule has 1 heterocycles. The first kappa shape index (κ1) is 25.9. The Balaban J connectivity index is 0.00000625. The standard InChI is InChI=1S/C17H37N5O2S.HI/c1-6-14-25(23,24)22-12-8-15(9-13-22)21-16(18-7-2)19-10-11-20-17(3,4)5;/h15,20H,6-14H2,1-5H3,(H2,18,19,21);1H. The Hall–Kier alpha value is -0.130. The fourth-order valence-electron chi connectivity index (χ4n) is 2.78. The van der Waals surface area contributed by atoms with E-state index in [2.05, 4.69) is 41.7 Å². The van der Waals surface area contributed by atoms with Crippen LogP contribution in [0.4, 0.5) is 0 Å². The predicted molar refractivity (Wildman–Crippen MR) is 121 cm³/mol. The van der Waals surface area contributed by atoms with E-state index in [1.807, 2.05) is 13.8 Å². The van der Waals surface area contributed by atoms with Crippen LogP contribution in [0.15, 0.2) is 4.99 Å². The van der Waals surface area contributed by atoms with E-state index in [1.165, 1.54) is 0 Å². The maximum Gasteiger partial charge on any atom is 0.214 e. The minimum Gasteiger partial charge on any atom is -0.357 e. The summed E-state index contributed by atoms with van der Waals surface area (Å²) in [5.74, 6) is 1.06. The molecule has 0 aliphatic carbocycles. The SMILES string of the molecule is CCCS(=O)(=O)N1CCC(NC(=NCCNC(C)(C)C)NCC)CC1.I. The molecule has 0 unspecified atom stereocenters. The lowest BCUT2D eigenvalue weighted by molar-refractivity contribution is 0.306. The van der Waals surface area contributed by atoms with Gasteiger partial charge in [-0.15, -0.1) is 24.0 Å². The van der Waals surface area contributed by atoms with Gasteiger partial charge in [0.1, 0.15) is 0 Å². The van der Waals surface area contributed by atoms with Crippen LogP contribution in [-0.4, -0.2) is 68.7 Å². The second-order valence-electron chi connectivity index (χ2n) is 7.57. The third kappa shape index (κ3) is 10.3. The molecule has 26 heavy (non-hydrogen) atoms. The van der Waals surface area contributed by atoms with Gasteiger partial charge < -0.3 is 16.0 Å². The number of halogens is 1. The Morgan fingerprint density at radius 3 is 2.31 bits per heavy atom. The largest absolute Gasteiger partial charge is 0.357 e. The van der Waals surface area contributed by atoms with Crippen LogP contribution in [-0.2, 0) is 10.0 Å². The number of aliphatic imine (C=N–C) groups is 1. The molecular weight excluding hydrogens is 465 g/mol. The Kier molecular flexibility index (Phi) is 12.3. The van der Waals surface area contributed by atoms with E-state index in [4.69, 9.17) is 0 Å². The molecule has 1 saturated heterocycles. The van der Waals surface area contributed by atoms with Crippen molar-refractivity contribution in [3.05, 3.63) is 0 Å². The first-order valence-electron chi connectivity index (χ1n) is 9.45. The van der Waals surface area contributed by atoms with Crippen molar-refractivity contribution in [3.63, 3.8) is 0 Å². The number of hydrogen-bond donors (Lipinski definition) is 3. The van der Waals surface area contributed by atoms with Gasteiger partial charge in [-0.25, -0.2) is 12.7 Å². The van der Waals surface area contributed by atoms with Gasteiger partial charge in [-0.2, -0.15) is 0 Å². The lowest BCUT2D eigenvalue weighted by Gasteiger charge is -2.32. The van der Waals surface area contributed by atoms with Crippen molar-refractivity contribution in [1.29, 1.82) is 0 Å². The van der Waals surface area contributed by atoms with Gasteiger partial charge in [0.15, 0.2) is 5.96 Å². The molecule has 7 nitrogen and oxygen atoms in total. The van der Waals surface area contributed by atoms with E-state index in [-0.39, 0.29) is 41.3 Å². The van der Waals surface area contributed by atoms with Gasteiger partial charge >= 0.3 is 0 Å². The summed E-state index contributed by atoms with van der Waals surface area (Å²) in [5.41, 5.74) is 0.0953. The minimum atomic E-state index is -3.08. The molecule has 0 amide bonds. The van der Waals surface area contributed by atoms with E-state index < -0.39 is 10.0 Å². The van der Waals surface area contributed by atoms with E-state index in [0.29, 0.717) is 26.1 Å². The number of sulfonamides is 1. The summed E-state index contributed by atoms with van der Waals surface area (Å²) in [5, 5.41) is 10.1. The number of rotatable bonds is 8. The van der Waals surface area contributed by atoms with Crippen molar-refractivity contribution < 1.29 is 8.42 Å². The average Bonchev–Trinajstić information content (AvgIpc) is 2.51. The summed E-state index contributed by atoms with van der Waals surface area (Å²) in [4.78, 5) is 4.61. The molecule has 0 bridgehead atoms. The Morgan fingerprint density at radius 1 is 1.19 bits per heavy atom. The van der Waals surface area contributed by atoms with Crippen LogP contribution >= 0.6 is 24.0 Å². The Morgan fingerprint density at radius 2 is 1.81 bits per heavy atom. The molecule has 0 spiro atoms. The predicted octanol–water partition coefficient (Wildman–Crippen LogP) is 1.75. The molecule has 0 saturated carbocycles. The first-order chi connectivity index (χ1) is 11.7. The van der Waals surface area contributed by atoms with Gasteiger partial charge in [0, 0.05) is 37.8 Å². The summed E-state index contributed by atoms with van der Waals surface area (Å²) in [6, 6.07) is 0.265. The molecule has 0 atom stereocenters. The van der Waals surface area contributed by atoms with Crippen LogP contribution in [0.2, 0.25) is 0 Å². The van der Waals surface area contributed by atoms with Crippen molar-refractivity contribution in [2.75, 3.05) is 38.5 Å². The van der Waals surface area contributed by atoms with Gasteiger partial charge in [0.2, 0.25) is 10.0 Å². The topological polar surface area (TPSA) is 85.8 Å². The summed E-state index contributed by atoms with van der Waals surface area (Å²) in [7, 11) is -3.08. The highest BCUT2D eigenvalue weighted by molar-refractivity contribution is 14.0. The van der Waals surface area contributed by atoms with Crippen LogP contribution in [0, 0.1) is 0 Å². The molecule has 0 radical (unpaired) electrons. The fraction of sp³-hybridized carbons (Fsp3) is 0.941. The monoisotopic (exact) mass is 503 g/mol. The van der Waals surface area contributed by atoms with Crippen molar-refractivity contribution >= 4 is 40.0 Å².